The Morgan fingerprint density at radius 2 is 2.37 bits per heavy atom. The van der Waals surface area contributed by atoms with E-state index >= 15 is 0 Å². The van der Waals surface area contributed by atoms with Crippen LogP contribution in [0.3, 0.4) is 0 Å². The molecule has 0 radical (unpaired) electrons. The van der Waals surface area contributed by atoms with Crippen LogP contribution in [0.2, 0.25) is 0 Å². The lowest BCUT2D eigenvalue weighted by atomic mass is 10.1. The predicted molar refractivity (Wildman–Crippen MR) is 73.8 cm³/mol. The van der Waals surface area contributed by atoms with Crippen LogP contribution in [0.4, 0.5) is 0 Å². The molecule has 4 unspecified atom stereocenters. The lowest BCUT2D eigenvalue weighted by Crippen LogP contribution is -2.54. The van der Waals surface area contributed by atoms with Crippen molar-refractivity contribution in [3.63, 3.8) is 0 Å². The maximum atomic E-state index is 12.5. The molecule has 4 N–H and O–H groups in total. The number of carboxylic acids is 1. The average molecular weight is 287 g/mol. The highest BCUT2D eigenvalue weighted by Crippen LogP contribution is 2.35. The normalized spacial score (nSPS) is 32.8. The van der Waals surface area contributed by atoms with Gasteiger partial charge < -0.3 is 21.1 Å². The first-order valence-corrected chi connectivity index (χ1v) is 7.72. The number of carbonyl (C=O) groups is 2. The van der Waals surface area contributed by atoms with Crippen LogP contribution in [-0.2, 0) is 9.59 Å². The van der Waals surface area contributed by atoms with Crippen molar-refractivity contribution in [2.45, 2.75) is 49.7 Å². The van der Waals surface area contributed by atoms with Gasteiger partial charge >= 0.3 is 5.97 Å². The third-order valence-corrected chi connectivity index (χ3v) is 5.07. The van der Waals surface area contributed by atoms with E-state index in [2.05, 4.69) is 5.32 Å². The van der Waals surface area contributed by atoms with E-state index in [1.807, 2.05) is 6.92 Å². The van der Waals surface area contributed by atoms with Crippen LogP contribution in [0.5, 0.6) is 0 Å². The molecule has 2 aliphatic heterocycles. The van der Waals surface area contributed by atoms with E-state index in [-0.39, 0.29) is 23.4 Å². The van der Waals surface area contributed by atoms with Crippen molar-refractivity contribution in [1.82, 2.24) is 10.2 Å². The summed E-state index contributed by atoms with van der Waals surface area (Å²) in [6.45, 7) is 2.40. The topological polar surface area (TPSA) is 95.7 Å². The van der Waals surface area contributed by atoms with Gasteiger partial charge in [0, 0.05) is 18.3 Å². The number of nitrogens with two attached hydrogens (primary N) is 1. The molecule has 0 spiro atoms. The second kappa shape index (κ2) is 6.11. The largest absolute Gasteiger partial charge is 0.480 e. The van der Waals surface area contributed by atoms with Gasteiger partial charge in [0.05, 0.1) is 11.4 Å². The van der Waals surface area contributed by atoms with E-state index < -0.39 is 12.0 Å². The van der Waals surface area contributed by atoms with E-state index in [1.54, 1.807) is 16.7 Å². The molecule has 0 bridgehead atoms. The van der Waals surface area contributed by atoms with E-state index in [4.69, 9.17) is 5.73 Å². The Kier molecular flexibility index (Phi) is 4.70. The Bertz CT molecular complexity index is 366. The van der Waals surface area contributed by atoms with Gasteiger partial charge in [-0.1, -0.05) is 0 Å². The van der Waals surface area contributed by atoms with Crippen molar-refractivity contribution >= 4 is 23.6 Å². The van der Waals surface area contributed by atoms with Crippen LogP contribution in [0, 0.1) is 0 Å². The zero-order valence-corrected chi connectivity index (χ0v) is 11.9. The molecule has 2 fully saturated rings. The molecule has 0 aromatic heterocycles. The summed E-state index contributed by atoms with van der Waals surface area (Å²) in [6.07, 6.45) is 2.56. The minimum absolute atomic E-state index is 0.0218. The molecule has 2 aliphatic rings. The molecule has 7 heteroatoms. The molecule has 19 heavy (non-hydrogen) atoms. The Morgan fingerprint density at radius 1 is 1.63 bits per heavy atom. The number of thioether (sulfide) groups is 1. The first kappa shape index (κ1) is 14.6. The van der Waals surface area contributed by atoms with Crippen molar-refractivity contribution in [3.05, 3.63) is 0 Å². The van der Waals surface area contributed by atoms with Gasteiger partial charge in [-0.15, -0.1) is 11.8 Å². The summed E-state index contributed by atoms with van der Waals surface area (Å²) < 4.78 is 0. The lowest BCUT2D eigenvalue weighted by molar-refractivity contribution is -0.149. The molecule has 0 aromatic rings. The first-order valence-electron chi connectivity index (χ1n) is 6.67. The quantitative estimate of drug-likeness (QED) is 0.664. The highest BCUT2D eigenvalue weighted by atomic mass is 32.2. The van der Waals surface area contributed by atoms with Crippen LogP contribution in [-0.4, -0.2) is 57.7 Å². The number of hydrogen-bond donors (Lipinski definition) is 3. The summed E-state index contributed by atoms with van der Waals surface area (Å²) in [6, 6.07) is -0.925. The maximum absolute atomic E-state index is 12.5. The molecule has 6 nitrogen and oxygen atoms in total. The molecule has 4 atom stereocenters. The molecule has 108 valence electrons. The Balaban J connectivity index is 2.13. The minimum atomic E-state index is -0.907. The lowest BCUT2D eigenvalue weighted by Gasteiger charge is -2.29. The van der Waals surface area contributed by atoms with Crippen LogP contribution in [0.1, 0.15) is 26.2 Å². The number of hydrogen-bond acceptors (Lipinski definition) is 5. The van der Waals surface area contributed by atoms with Gasteiger partial charge in [0.2, 0.25) is 5.91 Å². The third kappa shape index (κ3) is 3.04. The van der Waals surface area contributed by atoms with E-state index in [9.17, 15) is 14.7 Å². The van der Waals surface area contributed by atoms with Crippen molar-refractivity contribution in [1.29, 1.82) is 0 Å². The standard InChI is InChI=1S/C12H21N3O3S/c1-7(5-13)14-8-3-2-4-10-15(11(8)16)9(6-19-10)12(17)18/h7-10,14H,2-6,13H2,1H3,(H,17,18). The van der Waals surface area contributed by atoms with Crippen LogP contribution in [0.25, 0.3) is 0 Å². The molecule has 2 saturated heterocycles. The fourth-order valence-corrected chi connectivity index (χ4v) is 4.09. The van der Waals surface area contributed by atoms with Gasteiger partial charge in [-0.3, -0.25) is 4.79 Å². The molecular formula is C12H21N3O3S. The molecule has 2 heterocycles. The summed E-state index contributed by atoms with van der Waals surface area (Å²) >= 11 is 1.58. The number of carboxylic acid groups (broad SMARTS) is 1. The zero-order chi connectivity index (χ0) is 14.0. The molecule has 1 amide bonds. The molecule has 2 rings (SSSR count). The Morgan fingerprint density at radius 3 is 3.00 bits per heavy atom. The monoisotopic (exact) mass is 287 g/mol. The SMILES string of the molecule is CC(CN)NC1CCCC2SCC(C(=O)O)N2C1=O. The average Bonchev–Trinajstić information content (AvgIpc) is 2.74. The molecular weight excluding hydrogens is 266 g/mol. The van der Waals surface area contributed by atoms with E-state index in [0.29, 0.717) is 12.3 Å². The van der Waals surface area contributed by atoms with Gasteiger partial charge in [0.25, 0.3) is 0 Å². The fourth-order valence-electron chi connectivity index (χ4n) is 2.64. The number of carbonyl (C=O) groups excluding carboxylic acids is 1. The number of rotatable bonds is 4. The summed E-state index contributed by atoms with van der Waals surface area (Å²) in [5, 5.41) is 12.5. The number of fused-ring (bicyclic) bond motifs is 1. The number of nitrogens with zero attached hydrogens (tertiary/aromatic N) is 1. The van der Waals surface area contributed by atoms with Crippen molar-refractivity contribution in [2.24, 2.45) is 5.73 Å². The van der Waals surface area contributed by atoms with Crippen molar-refractivity contribution in [2.75, 3.05) is 12.3 Å². The highest BCUT2D eigenvalue weighted by Gasteiger charge is 2.45. The van der Waals surface area contributed by atoms with Gasteiger partial charge in [-0.2, -0.15) is 0 Å². The maximum Gasteiger partial charge on any atom is 0.327 e. The molecule has 0 aromatic carbocycles. The summed E-state index contributed by atoms with van der Waals surface area (Å²) in [7, 11) is 0. The highest BCUT2D eigenvalue weighted by molar-refractivity contribution is 8.00. The number of amides is 1. The van der Waals surface area contributed by atoms with Gasteiger partial charge in [0.15, 0.2) is 0 Å². The summed E-state index contributed by atoms with van der Waals surface area (Å²) in [5.74, 6) is -0.499. The fraction of sp³-hybridized carbons (Fsp3) is 0.833. The van der Waals surface area contributed by atoms with Crippen LogP contribution >= 0.6 is 11.8 Å². The smallest absolute Gasteiger partial charge is 0.327 e. The van der Waals surface area contributed by atoms with Crippen molar-refractivity contribution < 1.29 is 14.7 Å². The summed E-state index contributed by atoms with van der Waals surface area (Å²) in [5.41, 5.74) is 5.57. The zero-order valence-electron chi connectivity index (χ0n) is 11.0. The minimum Gasteiger partial charge on any atom is -0.480 e. The molecule has 0 aliphatic carbocycles. The second-order valence-corrected chi connectivity index (χ2v) is 6.39. The van der Waals surface area contributed by atoms with Gasteiger partial charge in [-0.05, 0) is 26.2 Å². The van der Waals surface area contributed by atoms with Crippen LogP contribution in [0.15, 0.2) is 0 Å². The number of aliphatic carboxylic acids is 1. The van der Waals surface area contributed by atoms with Crippen LogP contribution < -0.4 is 11.1 Å². The van der Waals surface area contributed by atoms with E-state index in [0.717, 1.165) is 19.3 Å². The van der Waals surface area contributed by atoms with Crippen molar-refractivity contribution in [3.8, 4) is 0 Å². The van der Waals surface area contributed by atoms with Gasteiger partial charge in [-0.25, -0.2) is 4.79 Å². The second-order valence-electron chi connectivity index (χ2n) is 5.17. The molecule has 0 saturated carbocycles. The third-order valence-electron chi connectivity index (χ3n) is 3.71. The summed E-state index contributed by atoms with van der Waals surface area (Å²) in [4.78, 5) is 25.4. The Hall–Kier alpha value is -0.790. The van der Waals surface area contributed by atoms with Gasteiger partial charge in [0.1, 0.15) is 6.04 Å². The Labute approximate surface area is 117 Å². The predicted octanol–water partition coefficient (Wildman–Crippen LogP) is -0.170. The van der Waals surface area contributed by atoms with E-state index in [1.165, 1.54) is 0 Å². The first-order chi connectivity index (χ1) is 9.04. The number of nitrogens with one attached hydrogen (secondary N) is 1.